The first-order valence-electron chi connectivity index (χ1n) is 8.75. The third-order valence-corrected chi connectivity index (χ3v) is 5.54. The van der Waals surface area contributed by atoms with Gasteiger partial charge in [0.25, 0.3) is 15.9 Å². The Kier molecular flexibility index (Phi) is 6.26. The van der Waals surface area contributed by atoms with E-state index in [-0.39, 0.29) is 22.0 Å². The number of hydrogen-bond acceptors (Lipinski definition) is 3. The van der Waals surface area contributed by atoms with Crippen LogP contribution in [0.25, 0.3) is 0 Å². The van der Waals surface area contributed by atoms with Gasteiger partial charge in [-0.1, -0.05) is 25.5 Å². The molecule has 7 heteroatoms. The highest BCUT2D eigenvalue weighted by Crippen LogP contribution is 2.20. The van der Waals surface area contributed by atoms with Crippen molar-refractivity contribution in [2.24, 2.45) is 0 Å². The molecule has 2 N–H and O–H groups in total. The van der Waals surface area contributed by atoms with Crippen molar-refractivity contribution in [1.29, 1.82) is 0 Å². The van der Waals surface area contributed by atoms with Crippen LogP contribution in [0.1, 0.15) is 49.5 Å². The van der Waals surface area contributed by atoms with E-state index < -0.39 is 15.8 Å². The summed E-state index contributed by atoms with van der Waals surface area (Å²) in [6.07, 6.45) is 1.75. The number of halogens is 1. The topological polar surface area (TPSA) is 75.3 Å². The first-order valence-corrected chi connectivity index (χ1v) is 10.2. The Balaban J connectivity index is 2.22. The second-order valence-electron chi connectivity index (χ2n) is 7.19. The quantitative estimate of drug-likeness (QED) is 0.740. The fourth-order valence-electron chi connectivity index (χ4n) is 2.75. The first kappa shape index (κ1) is 20.9. The summed E-state index contributed by atoms with van der Waals surface area (Å²) in [5.41, 5.74) is 0.578. The van der Waals surface area contributed by atoms with E-state index in [1.54, 1.807) is 19.1 Å². The normalized spacial score (nSPS) is 11.9. The molecular formula is C20H25FN2O3S. The summed E-state index contributed by atoms with van der Waals surface area (Å²) in [4.78, 5) is 12.3. The van der Waals surface area contributed by atoms with Crippen LogP contribution in [-0.4, -0.2) is 19.9 Å². The number of anilines is 1. The van der Waals surface area contributed by atoms with Gasteiger partial charge in [-0.3, -0.25) is 9.52 Å². The summed E-state index contributed by atoms with van der Waals surface area (Å²) in [6.45, 7) is 7.47. The number of sulfonamides is 1. The van der Waals surface area contributed by atoms with Gasteiger partial charge in [0, 0.05) is 16.8 Å². The summed E-state index contributed by atoms with van der Waals surface area (Å²) >= 11 is 0. The summed E-state index contributed by atoms with van der Waals surface area (Å²) in [5.74, 6) is -0.875. The fourth-order valence-corrected chi connectivity index (χ4v) is 3.81. The summed E-state index contributed by atoms with van der Waals surface area (Å²) in [6, 6.07) is 9.92. The monoisotopic (exact) mass is 392 g/mol. The molecule has 0 saturated carbocycles. The summed E-state index contributed by atoms with van der Waals surface area (Å²) in [5, 5.41) is 2.94. The molecule has 0 aliphatic heterocycles. The average Bonchev–Trinajstić information content (AvgIpc) is 2.56. The van der Waals surface area contributed by atoms with Gasteiger partial charge in [0.15, 0.2) is 0 Å². The van der Waals surface area contributed by atoms with Gasteiger partial charge in [0.1, 0.15) is 5.82 Å². The van der Waals surface area contributed by atoms with Crippen molar-refractivity contribution in [3.63, 3.8) is 0 Å². The number of amides is 1. The molecule has 0 aliphatic rings. The molecule has 27 heavy (non-hydrogen) atoms. The molecule has 2 aromatic carbocycles. The molecule has 0 saturated heterocycles. The minimum atomic E-state index is -3.96. The Morgan fingerprint density at radius 3 is 2.48 bits per heavy atom. The zero-order valence-electron chi connectivity index (χ0n) is 16.0. The zero-order valence-corrected chi connectivity index (χ0v) is 16.8. The third kappa shape index (κ3) is 5.53. The largest absolute Gasteiger partial charge is 0.347 e. The molecule has 5 nitrogen and oxygen atoms in total. The second kappa shape index (κ2) is 8.08. The number of rotatable bonds is 7. The molecule has 0 fully saturated rings. The number of carbonyl (C=O) groups excluding carboxylic acids is 1. The Morgan fingerprint density at radius 1 is 1.15 bits per heavy atom. The van der Waals surface area contributed by atoms with E-state index in [0.717, 1.165) is 18.9 Å². The van der Waals surface area contributed by atoms with E-state index >= 15 is 0 Å². The fraction of sp³-hybridized carbons (Fsp3) is 0.350. The Hall–Kier alpha value is -2.41. The molecule has 0 aromatic heterocycles. The van der Waals surface area contributed by atoms with Gasteiger partial charge in [0.05, 0.1) is 4.90 Å². The van der Waals surface area contributed by atoms with Crippen LogP contribution in [0, 0.1) is 12.7 Å². The van der Waals surface area contributed by atoms with Crippen molar-refractivity contribution < 1.29 is 17.6 Å². The van der Waals surface area contributed by atoms with E-state index in [9.17, 15) is 17.6 Å². The van der Waals surface area contributed by atoms with Gasteiger partial charge in [-0.05, 0) is 63.1 Å². The smallest absolute Gasteiger partial charge is 0.261 e. The molecule has 1 amide bonds. The van der Waals surface area contributed by atoms with Crippen LogP contribution in [0.4, 0.5) is 10.1 Å². The van der Waals surface area contributed by atoms with E-state index in [1.807, 2.05) is 20.8 Å². The lowest BCUT2D eigenvalue weighted by atomic mass is 9.98. The number of hydrogen-bond donors (Lipinski definition) is 2. The van der Waals surface area contributed by atoms with Crippen molar-refractivity contribution in [2.45, 2.75) is 51.0 Å². The number of benzene rings is 2. The maximum atomic E-state index is 13.7. The van der Waals surface area contributed by atoms with Crippen LogP contribution in [0.3, 0.4) is 0 Å². The van der Waals surface area contributed by atoms with E-state index in [4.69, 9.17) is 0 Å². The van der Waals surface area contributed by atoms with Gasteiger partial charge in [-0.15, -0.1) is 0 Å². The predicted octanol–water partition coefficient (Wildman–Crippen LogP) is 4.24. The van der Waals surface area contributed by atoms with Crippen LogP contribution >= 0.6 is 0 Å². The van der Waals surface area contributed by atoms with Crippen LogP contribution in [0.15, 0.2) is 47.4 Å². The van der Waals surface area contributed by atoms with Gasteiger partial charge in [-0.2, -0.15) is 0 Å². The standard InChI is InChI=1S/C20H25FN2O3S/c1-5-11-20(3,4)22-19(24)15-7-6-8-16(12-15)23-27(25,26)17-10-9-14(2)18(21)13-17/h6-10,12-13,23H,5,11H2,1-4H3,(H,22,24). The average molecular weight is 392 g/mol. The van der Waals surface area contributed by atoms with Gasteiger partial charge >= 0.3 is 0 Å². The molecule has 0 unspecified atom stereocenters. The highest BCUT2D eigenvalue weighted by atomic mass is 32.2. The van der Waals surface area contributed by atoms with Crippen molar-refractivity contribution >= 4 is 21.6 Å². The molecule has 0 radical (unpaired) electrons. The predicted molar refractivity (Wildman–Crippen MR) is 105 cm³/mol. The number of carbonyl (C=O) groups is 1. The van der Waals surface area contributed by atoms with Crippen LogP contribution in [0.2, 0.25) is 0 Å². The lowest BCUT2D eigenvalue weighted by Gasteiger charge is -2.25. The third-order valence-electron chi connectivity index (χ3n) is 4.16. The number of aryl methyl sites for hydroxylation is 1. The van der Waals surface area contributed by atoms with E-state index in [1.165, 1.54) is 24.3 Å². The van der Waals surface area contributed by atoms with E-state index in [0.29, 0.717) is 11.1 Å². The molecule has 2 aromatic rings. The highest BCUT2D eigenvalue weighted by Gasteiger charge is 2.21. The van der Waals surface area contributed by atoms with Crippen molar-refractivity contribution in [2.75, 3.05) is 4.72 Å². The SMILES string of the molecule is CCCC(C)(C)NC(=O)c1cccc(NS(=O)(=O)c2ccc(C)c(F)c2)c1. The minimum absolute atomic E-state index is 0.176. The Morgan fingerprint density at radius 2 is 1.85 bits per heavy atom. The Bertz CT molecular complexity index is 940. The molecule has 0 aliphatic carbocycles. The summed E-state index contributed by atoms with van der Waals surface area (Å²) in [7, 11) is -3.96. The number of nitrogens with one attached hydrogen (secondary N) is 2. The molecule has 2 rings (SSSR count). The van der Waals surface area contributed by atoms with Crippen LogP contribution < -0.4 is 10.0 Å². The van der Waals surface area contributed by atoms with Crippen molar-refractivity contribution in [1.82, 2.24) is 5.32 Å². The Labute approximate surface area is 160 Å². The first-order chi connectivity index (χ1) is 12.5. The highest BCUT2D eigenvalue weighted by molar-refractivity contribution is 7.92. The van der Waals surface area contributed by atoms with Crippen molar-refractivity contribution in [3.8, 4) is 0 Å². The van der Waals surface area contributed by atoms with Crippen LogP contribution in [-0.2, 0) is 10.0 Å². The zero-order chi connectivity index (χ0) is 20.2. The molecule has 146 valence electrons. The minimum Gasteiger partial charge on any atom is -0.347 e. The van der Waals surface area contributed by atoms with Gasteiger partial charge in [-0.25, -0.2) is 12.8 Å². The molecule has 0 spiro atoms. The summed E-state index contributed by atoms with van der Waals surface area (Å²) < 4.78 is 41.0. The van der Waals surface area contributed by atoms with Gasteiger partial charge < -0.3 is 5.32 Å². The van der Waals surface area contributed by atoms with Gasteiger partial charge in [0.2, 0.25) is 0 Å². The molecule has 0 bridgehead atoms. The van der Waals surface area contributed by atoms with Crippen LogP contribution in [0.5, 0.6) is 0 Å². The molecule has 0 atom stereocenters. The molecular weight excluding hydrogens is 367 g/mol. The maximum absolute atomic E-state index is 13.7. The second-order valence-corrected chi connectivity index (χ2v) is 8.87. The lowest BCUT2D eigenvalue weighted by molar-refractivity contribution is 0.0909. The lowest BCUT2D eigenvalue weighted by Crippen LogP contribution is -2.43. The molecule has 0 heterocycles. The maximum Gasteiger partial charge on any atom is 0.261 e. The van der Waals surface area contributed by atoms with E-state index in [2.05, 4.69) is 10.0 Å². The van der Waals surface area contributed by atoms with Crippen molar-refractivity contribution in [3.05, 3.63) is 59.4 Å².